The fourth-order valence-corrected chi connectivity index (χ4v) is 3.42. The van der Waals surface area contributed by atoms with Gasteiger partial charge in [0.05, 0.1) is 16.4 Å². The number of fused-ring (bicyclic) bond motifs is 1. The molecule has 0 saturated heterocycles. The average Bonchev–Trinajstić information content (AvgIpc) is 3.27. The normalized spacial score (nSPS) is 13.1. The molecule has 0 unspecified atom stereocenters. The van der Waals surface area contributed by atoms with Crippen molar-refractivity contribution in [2.24, 2.45) is 0 Å². The molecule has 144 valence electrons. The zero-order chi connectivity index (χ0) is 19.7. The van der Waals surface area contributed by atoms with Crippen molar-refractivity contribution in [3.8, 4) is 0 Å². The largest absolute Gasteiger partial charge is 0.360 e. The lowest BCUT2D eigenvalue weighted by molar-refractivity contribution is 0.101. The Hall–Kier alpha value is -3.13. The van der Waals surface area contributed by atoms with Gasteiger partial charge in [-0.25, -0.2) is 4.98 Å². The van der Waals surface area contributed by atoms with Crippen LogP contribution in [0.5, 0.6) is 0 Å². The van der Waals surface area contributed by atoms with Crippen molar-refractivity contribution in [2.45, 2.75) is 32.7 Å². The number of aromatic nitrogens is 3. The van der Waals surface area contributed by atoms with E-state index in [1.54, 1.807) is 41.8 Å². The Labute approximate surface area is 165 Å². The molecular weight excluding hydrogens is 382 g/mol. The second-order valence-corrected chi connectivity index (χ2v) is 6.96. The minimum absolute atomic E-state index is 0.191. The molecule has 28 heavy (non-hydrogen) atoms. The Balaban J connectivity index is 1.64. The summed E-state index contributed by atoms with van der Waals surface area (Å²) >= 11 is 6.13. The molecule has 8 nitrogen and oxygen atoms in total. The summed E-state index contributed by atoms with van der Waals surface area (Å²) in [5, 5.41) is 9.63. The number of imidazole rings is 1. The molecule has 4 rings (SSSR count). The van der Waals surface area contributed by atoms with Gasteiger partial charge in [0, 0.05) is 12.6 Å². The predicted octanol–water partition coefficient (Wildman–Crippen LogP) is 3.67. The van der Waals surface area contributed by atoms with Crippen LogP contribution in [0.25, 0.3) is 0 Å². The highest BCUT2D eigenvalue weighted by Gasteiger charge is 2.28. The van der Waals surface area contributed by atoms with E-state index in [9.17, 15) is 9.59 Å². The lowest BCUT2D eigenvalue weighted by Gasteiger charge is -2.17. The Bertz CT molecular complexity index is 1060. The third kappa shape index (κ3) is 3.50. The summed E-state index contributed by atoms with van der Waals surface area (Å²) in [6.45, 7) is 2.36. The summed E-state index contributed by atoms with van der Waals surface area (Å²) in [4.78, 5) is 29.9. The van der Waals surface area contributed by atoms with Crippen molar-refractivity contribution >= 4 is 34.9 Å². The smallest absolute Gasteiger partial charge is 0.291 e. The number of carbonyl (C=O) groups is 2. The van der Waals surface area contributed by atoms with Crippen molar-refractivity contribution in [3.05, 3.63) is 58.3 Å². The summed E-state index contributed by atoms with van der Waals surface area (Å²) in [7, 11) is 0. The molecule has 3 aromatic rings. The first-order chi connectivity index (χ1) is 13.5. The molecule has 0 aliphatic carbocycles. The highest BCUT2D eigenvalue weighted by atomic mass is 35.5. The summed E-state index contributed by atoms with van der Waals surface area (Å²) in [6.07, 6.45) is 2.52. The van der Waals surface area contributed by atoms with Crippen LogP contribution < -0.4 is 10.6 Å². The summed E-state index contributed by atoms with van der Waals surface area (Å²) in [5.41, 5.74) is 1.46. The highest BCUT2D eigenvalue weighted by molar-refractivity contribution is 6.33. The van der Waals surface area contributed by atoms with E-state index in [2.05, 4.69) is 20.8 Å². The quantitative estimate of drug-likeness (QED) is 0.696. The second-order valence-electron chi connectivity index (χ2n) is 6.55. The lowest BCUT2D eigenvalue weighted by atomic mass is 10.1. The molecule has 1 aromatic carbocycles. The van der Waals surface area contributed by atoms with E-state index in [0.29, 0.717) is 35.3 Å². The number of nitrogens with zero attached hydrogens (tertiary/aromatic N) is 3. The van der Waals surface area contributed by atoms with Crippen LogP contribution in [-0.4, -0.2) is 26.5 Å². The number of nitrogens with one attached hydrogen (secondary N) is 2. The number of hydrogen-bond acceptors (Lipinski definition) is 5. The summed E-state index contributed by atoms with van der Waals surface area (Å²) in [5.74, 6) is 0.253. The van der Waals surface area contributed by atoms with E-state index in [-0.39, 0.29) is 11.5 Å². The Kier molecular flexibility index (Phi) is 4.87. The minimum Gasteiger partial charge on any atom is -0.360 e. The number of carbonyl (C=O) groups excluding carboxylic acids is 2. The summed E-state index contributed by atoms with van der Waals surface area (Å²) in [6, 6.07) is 8.58. The fraction of sp³-hybridized carbons (Fsp3) is 0.263. The third-order valence-electron chi connectivity index (χ3n) is 4.53. The highest BCUT2D eigenvalue weighted by Crippen LogP contribution is 2.25. The standard InChI is InChI=1S/C19H18ClN5O3/c1-11-10-15(24-28-11)22-18(26)16-14-8-4-5-9-25(14)17(23-16)19(27)21-13-7-3-2-6-12(13)20/h2-3,6-7,10H,4-5,8-9H2,1H3,(H,21,27)(H,22,24,26). The van der Waals surface area contributed by atoms with Crippen LogP contribution in [0.2, 0.25) is 5.02 Å². The molecule has 0 spiro atoms. The van der Waals surface area contributed by atoms with Crippen molar-refractivity contribution in [3.63, 3.8) is 0 Å². The first kappa shape index (κ1) is 18.2. The van der Waals surface area contributed by atoms with Crippen LogP contribution in [0.1, 0.15) is 45.4 Å². The van der Waals surface area contributed by atoms with Gasteiger partial charge in [0.25, 0.3) is 11.8 Å². The van der Waals surface area contributed by atoms with Gasteiger partial charge in [-0.05, 0) is 38.3 Å². The SMILES string of the molecule is Cc1cc(NC(=O)c2nc(C(=O)Nc3ccccc3Cl)n3c2CCCC3)no1. The van der Waals surface area contributed by atoms with E-state index in [0.717, 1.165) is 18.5 Å². The Morgan fingerprint density at radius 2 is 2.00 bits per heavy atom. The van der Waals surface area contributed by atoms with Crippen LogP contribution >= 0.6 is 11.6 Å². The molecule has 0 fully saturated rings. The molecule has 1 aliphatic heterocycles. The van der Waals surface area contributed by atoms with Crippen molar-refractivity contribution in [1.82, 2.24) is 14.7 Å². The molecule has 2 aromatic heterocycles. The number of benzene rings is 1. The first-order valence-electron chi connectivity index (χ1n) is 8.93. The zero-order valence-corrected chi connectivity index (χ0v) is 15.9. The van der Waals surface area contributed by atoms with Crippen LogP contribution in [0.3, 0.4) is 0 Å². The van der Waals surface area contributed by atoms with Crippen LogP contribution in [0.4, 0.5) is 11.5 Å². The van der Waals surface area contributed by atoms with E-state index < -0.39 is 11.8 Å². The molecule has 0 saturated carbocycles. The Morgan fingerprint density at radius 3 is 2.75 bits per heavy atom. The predicted molar refractivity (Wildman–Crippen MR) is 104 cm³/mol. The van der Waals surface area contributed by atoms with Crippen molar-refractivity contribution in [1.29, 1.82) is 0 Å². The van der Waals surface area contributed by atoms with Gasteiger partial charge in [-0.2, -0.15) is 0 Å². The van der Waals surface area contributed by atoms with Gasteiger partial charge in [-0.3, -0.25) is 9.59 Å². The van der Waals surface area contributed by atoms with Crippen LogP contribution in [0.15, 0.2) is 34.9 Å². The van der Waals surface area contributed by atoms with Gasteiger partial charge >= 0.3 is 0 Å². The Morgan fingerprint density at radius 1 is 1.18 bits per heavy atom. The van der Waals surface area contributed by atoms with Gasteiger partial charge in [0.1, 0.15) is 5.76 Å². The summed E-state index contributed by atoms with van der Waals surface area (Å²) < 4.78 is 6.77. The van der Waals surface area contributed by atoms with Gasteiger partial charge in [-0.15, -0.1) is 0 Å². The molecule has 0 bridgehead atoms. The second kappa shape index (κ2) is 7.47. The number of aryl methyl sites for hydroxylation is 1. The molecule has 2 amide bonds. The van der Waals surface area contributed by atoms with E-state index >= 15 is 0 Å². The monoisotopic (exact) mass is 399 g/mol. The molecular formula is C19H18ClN5O3. The van der Waals surface area contributed by atoms with E-state index in [1.807, 2.05) is 0 Å². The number of para-hydroxylation sites is 1. The van der Waals surface area contributed by atoms with Crippen molar-refractivity contribution in [2.75, 3.05) is 10.6 Å². The molecule has 9 heteroatoms. The number of anilines is 2. The zero-order valence-electron chi connectivity index (χ0n) is 15.2. The average molecular weight is 400 g/mol. The molecule has 0 radical (unpaired) electrons. The van der Waals surface area contributed by atoms with E-state index in [4.69, 9.17) is 16.1 Å². The van der Waals surface area contributed by atoms with Gasteiger partial charge < -0.3 is 19.7 Å². The number of rotatable bonds is 4. The van der Waals surface area contributed by atoms with Crippen molar-refractivity contribution < 1.29 is 14.1 Å². The maximum absolute atomic E-state index is 12.8. The maximum Gasteiger partial charge on any atom is 0.291 e. The molecule has 2 N–H and O–H groups in total. The maximum atomic E-state index is 12.8. The third-order valence-corrected chi connectivity index (χ3v) is 4.86. The van der Waals surface area contributed by atoms with Gasteiger partial charge in [0.15, 0.2) is 17.3 Å². The lowest BCUT2D eigenvalue weighted by Crippen LogP contribution is -2.21. The molecule has 0 atom stereocenters. The number of hydrogen-bond donors (Lipinski definition) is 2. The minimum atomic E-state index is -0.421. The topological polar surface area (TPSA) is 102 Å². The van der Waals surface area contributed by atoms with Crippen LogP contribution in [-0.2, 0) is 13.0 Å². The number of amides is 2. The fourth-order valence-electron chi connectivity index (χ4n) is 3.24. The van der Waals surface area contributed by atoms with E-state index in [1.165, 1.54) is 0 Å². The van der Waals surface area contributed by atoms with Gasteiger partial charge in [-0.1, -0.05) is 28.9 Å². The van der Waals surface area contributed by atoms with Crippen LogP contribution in [0, 0.1) is 6.92 Å². The molecule has 1 aliphatic rings. The van der Waals surface area contributed by atoms with Gasteiger partial charge in [0.2, 0.25) is 0 Å². The molecule has 3 heterocycles. The first-order valence-corrected chi connectivity index (χ1v) is 9.30. The number of halogens is 1.